The molecule has 1 aliphatic heterocycles. The lowest BCUT2D eigenvalue weighted by molar-refractivity contribution is 0.0965. The molecular formula is C13H14BrFN4O. The highest BCUT2D eigenvalue weighted by atomic mass is 79.9. The van der Waals surface area contributed by atoms with Gasteiger partial charge in [0.05, 0.1) is 11.6 Å². The first-order valence-corrected chi connectivity index (χ1v) is 7.37. The minimum atomic E-state index is -0.500. The van der Waals surface area contributed by atoms with Gasteiger partial charge in [-0.1, -0.05) is 6.42 Å². The number of carbonyl (C=O) groups excluding carboxylic acids is 1. The third kappa shape index (κ3) is 2.19. The maximum Gasteiger partial charge on any atom is 0.254 e. The van der Waals surface area contributed by atoms with Crippen LogP contribution in [0.5, 0.6) is 0 Å². The van der Waals surface area contributed by atoms with Crippen molar-refractivity contribution in [1.82, 2.24) is 10.3 Å². The molecule has 2 aliphatic rings. The molecule has 5 nitrogen and oxygen atoms in total. The van der Waals surface area contributed by atoms with Gasteiger partial charge in [0.2, 0.25) is 0 Å². The van der Waals surface area contributed by atoms with Gasteiger partial charge in [0.1, 0.15) is 4.60 Å². The molecule has 1 aromatic rings. The summed E-state index contributed by atoms with van der Waals surface area (Å²) in [7, 11) is 0. The molecule has 3 N–H and O–H groups in total. The summed E-state index contributed by atoms with van der Waals surface area (Å²) in [5.41, 5.74) is 1.19. The fourth-order valence-electron chi connectivity index (χ4n) is 2.67. The van der Waals surface area contributed by atoms with Gasteiger partial charge in [-0.3, -0.25) is 4.79 Å². The average Bonchev–Trinajstić information content (AvgIpc) is 2.81. The van der Waals surface area contributed by atoms with Gasteiger partial charge in [0.25, 0.3) is 5.91 Å². The maximum absolute atomic E-state index is 14.4. The molecule has 106 valence electrons. The van der Waals surface area contributed by atoms with Gasteiger partial charge in [-0.25, -0.2) is 9.37 Å². The largest absolute Gasteiger partial charge is 0.360 e. The summed E-state index contributed by atoms with van der Waals surface area (Å²) in [5, 5.41) is 13.5. The van der Waals surface area contributed by atoms with Gasteiger partial charge in [-0.15, -0.1) is 0 Å². The quantitative estimate of drug-likeness (QED) is 0.724. The van der Waals surface area contributed by atoms with Crippen LogP contribution in [0.4, 0.5) is 10.2 Å². The van der Waals surface area contributed by atoms with Gasteiger partial charge in [-0.05, 0) is 35.2 Å². The van der Waals surface area contributed by atoms with E-state index in [1.165, 1.54) is 0 Å². The minimum absolute atomic E-state index is 0.115. The normalized spacial score (nSPS) is 21.6. The van der Waals surface area contributed by atoms with Crippen LogP contribution in [-0.4, -0.2) is 22.6 Å². The number of pyridine rings is 1. The predicted molar refractivity (Wildman–Crippen MR) is 76.7 cm³/mol. The standard InChI is InChI=1S/C13H14BrFN4O/c14-11-9-6(5-17-13(9)20)10(15)12(19-11)18-8-4-2-1-3-7(8)16/h8,16H,1-5H2,(H,17,20)(H,18,19)/t8-/m1/s1. The van der Waals surface area contributed by atoms with E-state index >= 15 is 0 Å². The number of amides is 1. The summed E-state index contributed by atoms with van der Waals surface area (Å²) in [6.45, 7) is 0.178. The molecular weight excluding hydrogens is 327 g/mol. The van der Waals surface area contributed by atoms with Crippen molar-refractivity contribution in [2.75, 3.05) is 5.32 Å². The number of anilines is 1. The van der Waals surface area contributed by atoms with Crippen LogP contribution >= 0.6 is 15.9 Å². The molecule has 0 spiro atoms. The van der Waals surface area contributed by atoms with Crippen molar-refractivity contribution in [3.8, 4) is 0 Å². The van der Waals surface area contributed by atoms with E-state index in [2.05, 4.69) is 31.5 Å². The summed E-state index contributed by atoms with van der Waals surface area (Å²) >= 11 is 3.22. The molecule has 1 amide bonds. The van der Waals surface area contributed by atoms with Crippen LogP contribution in [0.3, 0.4) is 0 Å². The molecule has 1 aliphatic carbocycles. The van der Waals surface area contributed by atoms with Crippen molar-refractivity contribution in [2.45, 2.75) is 38.3 Å². The van der Waals surface area contributed by atoms with Crippen molar-refractivity contribution < 1.29 is 9.18 Å². The number of hydrogen-bond donors (Lipinski definition) is 3. The summed E-state index contributed by atoms with van der Waals surface area (Å²) < 4.78 is 14.7. The molecule has 0 saturated heterocycles. The number of nitrogens with one attached hydrogen (secondary N) is 3. The average molecular weight is 341 g/mol. The van der Waals surface area contributed by atoms with Crippen LogP contribution in [0.15, 0.2) is 4.60 Å². The second-order valence-electron chi connectivity index (χ2n) is 5.07. The smallest absolute Gasteiger partial charge is 0.254 e. The summed E-state index contributed by atoms with van der Waals surface area (Å²) in [6.07, 6.45) is 3.59. The molecule has 20 heavy (non-hydrogen) atoms. The second kappa shape index (κ2) is 5.12. The van der Waals surface area contributed by atoms with Crippen LogP contribution < -0.4 is 10.6 Å². The Morgan fingerprint density at radius 3 is 3.00 bits per heavy atom. The monoisotopic (exact) mass is 340 g/mol. The van der Waals surface area contributed by atoms with E-state index in [1.807, 2.05) is 0 Å². The molecule has 0 unspecified atom stereocenters. The maximum atomic E-state index is 14.4. The Balaban J connectivity index is 1.93. The molecule has 0 aromatic carbocycles. The number of carbonyl (C=O) groups is 1. The van der Waals surface area contributed by atoms with E-state index in [0.717, 1.165) is 25.7 Å². The zero-order valence-electron chi connectivity index (χ0n) is 10.7. The highest BCUT2D eigenvalue weighted by molar-refractivity contribution is 9.10. The van der Waals surface area contributed by atoms with Gasteiger partial charge >= 0.3 is 0 Å². The van der Waals surface area contributed by atoms with Crippen LogP contribution in [-0.2, 0) is 6.54 Å². The summed E-state index contributed by atoms with van der Waals surface area (Å²) in [4.78, 5) is 15.7. The van der Waals surface area contributed by atoms with E-state index in [1.54, 1.807) is 0 Å². The lowest BCUT2D eigenvalue weighted by Crippen LogP contribution is -2.32. The molecule has 1 atom stereocenters. The molecule has 0 radical (unpaired) electrons. The molecule has 0 bridgehead atoms. The van der Waals surface area contributed by atoms with E-state index in [-0.39, 0.29) is 29.9 Å². The third-order valence-corrected chi connectivity index (χ3v) is 4.34. The zero-order chi connectivity index (χ0) is 14.3. The number of hydrogen-bond acceptors (Lipinski definition) is 4. The summed E-state index contributed by atoms with van der Waals surface area (Å²) in [6, 6.07) is -0.166. The van der Waals surface area contributed by atoms with Gasteiger partial charge in [-0.2, -0.15) is 0 Å². The summed E-state index contributed by atoms with van der Waals surface area (Å²) in [5.74, 6) is -0.695. The lowest BCUT2D eigenvalue weighted by atomic mass is 9.93. The van der Waals surface area contributed by atoms with Crippen LogP contribution in [0, 0.1) is 11.2 Å². The Kier molecular flexibility index (Phi) is 3.45. The van der Waals surface area contributed by atoms with E-state index in [9.17, 15) is 9.18 Å². The molecule has 1 saturated carbocycles. The van der Waals surface area contributed by atoms with Crippen molar-refractivity contribution in [3.63, 3.8) is 0 Å². The first-order chi connectivity index (χ1) is 9.58. The molecule has 1 fully saturated rings. The number of rotatable bonds is 2. The number of nitrogens with zero attached hydrogens (tertiary/aromatic N) is 1. The number of halogens is 2. The Hall–Kier alpha value is -1.50. The molecule has 3 rings (SSSR count). The Bertz CT molecular complexity index is 605. The van der Waals surface area contributed by atoms with E-state index < -0.39 is 5.82 Å². The van der Waals surface area contributed by atoms with Gasteiger partial charge in [0.15, 0.2) is 11.6 Å². The first-order valence-electron chi connectivity index (χ1n) is 6.58. The number of fused-ring (bicyclic) bond motifs is 1. The van der Waals surface area contributed by atoms with Crippen molar-refractivity contribution in [1.29, 1.82) is 5.41 Å². The second-order valence-corrected chi connectivity index (χ2v) is 5.82. The number of aromatic nitrogens is 1. The van der Waals surface area contributed by atoms with Crippen LogP contribution in [0.2, 0.25) is 0 Å². The van der Waals surface area contributed by atoms with Crippen molar-refractivity contribution in [3.05, 3.63) is 21.5 Å². The third-order valence-electron chi connectivity index (χ3n) is 3.76. The van der Waals surface area contributed by atoms with Crippen molar-refractivity contribution >= 4 is 33.4 Å². The topological polar surface area (TPSA) is 77.9 Å². The predicted octanol–water partition coefficient (Wildman–Crippen LogP) is 2.60. The van der Waals surface area contributed by atoms with Crippen molar-refractivity contribution in [2.24, 2.45) is 0 Å². The highest BCUT2D eigenvalue weighted by Gasteiger charge is 2.30. The SMILES string of the molecule is N=C1CCCC[C@H]1Nc1nc(Br)c2c(c1F)CNC2=O. The zero-order valence-corrected chi connectivity index (χ0v) is 12.3. The first kappa shape index (κ1) is 13.5. The Morgan fingerprint density at radius 1 is 1.45 bits per heavy atom. The van der Waals surface area contributed by atoms with E-state index in [4.69, 9.17) is 5.41 Å². The fourth-order valence-corrected chi connectivity index (χ4v) is 3.26. The molecule has 2 heterocycles. The Morgan fingerprint density at radius 2 is 2.25 bits per heavy atom. The highest BCUT2D eigenvalue weighted by Crippen LogP contribution is 2.30. The molecule has 1 aromatic heterocycles. The van der Waals surface area contributed by atoms with Gasteiger partial charge in [0, 0.05) is 17.8 Å². The van der Waals surface area contributed by atoms with E-state index in [0.29, 0.717) is 15.9 Å². The van der Waals surface area contributed by atoms with Crippen LogP contribution in [0.25, 0.3) is 0 Å². The minimum Gasteiger partial charge on any atom is -0.360 e. The molecule has 7 heteroatoms. The fraction of sp³-hybridized carbons (Fsp3) is 0.462. The van der Waals surface area contributed by atoms with Crippen LogP contribution in [0.1, 0.15) is 41.6 Å². The lowest BCUT2D eigenvalue weighted by Gasteiger charge is -2.25. The Labute approximate surface area is 124 Å². The van der Waals surface area contributed by atoms with Gasteiger partial charge < -0.3 is 16.0 Å².